The highest BCUT2D eigenvalue weighted by Crippen LogP contribution is 2.35. The number of hydrogen-bond donors (Lipinski definition) is 2. The summed E-state index contributed by atoms with van der Waals surface area (Å²) in [5.41, 5.74) is 2.81. The number of likely N-dealkylation sites (tertiary alicyclic amines) is 1. The molecule has 0 radical (unpaired) electrons. The Morgan fingerprint density at radius 3 is 2.69 bits per heavy atom. The smallest absolute Gasteiger partial charge is 0.171 e. The maximum absolute atomic E-state index is 5.36. The monoisotopic (exact) mass is 429 g/mol. The first-order chi connectivity index (χ1) is 14.1. The lowest BCUT2D eigenvalue weighted by atomic mass is 9.88. The molecule has 1 unspecified atom stereocenters. The molecule has 3 rings (SSSR count). The first-order valence-corrected chi connectivity index (χ1v) is 12.3. The lowest BCUT2D eigenvalue weighted by Gasteiger charge is -2.36. The Hall–Kier alpha value is -1.43. The third kappa shape index (κ3) is 6.27. The van der Waals surface area contributed by atoms with E-state index in [4.69, 9.17) is 12.2 Å². The minimum atomic E-state index is 0.684. The van der Waals surface area contributed by atoms with Crippen molar-refractivity contribution < 1.29 is 0 Å². The molecule has 0 saturated carbocycles. The molecule has 1 saturated heterocycles. The van der Waals surface area contributed by atoms with Gasteiger partial charge in [-0.25, -0.2) is 0 Å². The second-order valence-corrected chi connectivity index (χ2v) is 9.61. The van der Waals surface area contributed by atoms with E-state index in [0.717, 1.165) is 24.0 Å². The average molecular weight is 430 g/mol. The first-order valence-electron chi connectivity index (χ1n) is 11.1. The van der Waals surface area contributed by atoms with Gasteiger partial charge in [0.05, 0.1) is 5.00 Å². The summed E-state index contributed by atoms with van der Waals surface area (Å²) in [7, 11) is 0. The standard InChI is InChI=1S/C24H35N3S2/c1-4-7-18(3)27-15-12-19(13-16-27)20-8-6-9-21(17-20)22-10-11-23(29-22)26-24(28)25-14-5-2/h6,8-11,17-19H,4-5,7,12-16H2,1-3H3,(H2,25,26,28). The Kier molecular flexibility index (Phi) is 8.52. The summed E-state index contributed by atoms with van der Waals surface area (Å²) < 4.78 is 0. The van der Waals surface area contributed by atoms with Crippen molar-refractivity contribution in [2.24, 2.45) is 0 Å². The molecule has 1 aromatic heterocycles. The predicted octanol–water partition coefficient (Wildman–Crippen LogP) is 6.48. The van der Waals surface area contributed by atoms with E-state index in [1.807, 2.05) is 0 Å². The molecular formula is C24H35N3S2. The Morgan fingerprint density at radius 2 is 1.97 bits per heavy atom. The quantitative estimate of drug-likeness (QED) is 0.470. The van der Waals surface area contributed by atoms with Crippen LogP contribution in [-0.2, 0) is 0 Å². The minimum Gasteiger partial charge on any atom is -0.362 e. The molecule has 0 amide bonds. The molecule has 0 spiro atoms. The molecule has 0 aliphatic carbocycles. The van der Waals surface area contributed by atoms with Crippen molar-refractivity contribution in [3.8, 4) is 10.4 Å². The molecule has 2 N–H and O–H groups in total. The molecule has 1 fully saturated rings. The summed E-state index contributed by atoms with van der Waals surface area (Å²) in [5, 5.41) is 8.33. The number of thiophene rings is 1. The molecule has 1 aliphatic rings. The lowest BCUT2D eigenvalue weighted by molar-refractivity contribution is 0.154. The van der Waals surface area contributed by atoms with Gasteiger partial charge in [0, 0.05) is 17.5 Å². The summed E-state index contributed by atoms with van der Waals surface area (Å²) in [5.74, 6) is 0.684. The molecule has 2 aromatic rings. The van der Waals surface area contributed by atoms with Gasteiger partial charge < -0.3 is 15.5 Å². The minimum absolute atomic E-state index is 0.684. The van der Waals surface area contributed by atoms with E-state index >= 15 is 0 Å². The van der Waals surface area contributed by atoms with Crippen LogP contribution in [0.3, 0.4) is 0 Å². The van der Waals surface area contributed by atoms with Crippen molar-refractivity contribution >= 4 is 33.7 Å². The van der Waals surface area contributed by atoms with Gasteiger partial charge in [0.15, 0.2) is 5.11 Å². The maximum atomic E-state index is 5.36. The van der Waals surface area contributed by atoms with Crippen molar-refractivity contribution in [3.05, 3.63) is 42.0 Å². The molecule has 29 heavy (non-hydrogen) atoms. The fraction of sp³-hybridized carbons (Fsp3) is 0.542. The topological polar surface area (TPSA) is 27.3 Å². The molecule has 5 heteroatoms. The summed E-state index contributed by atoms with van der Waals surface area (Å²) >= 11 is 7.12. The van der Waals surface area contributed by atoms with Crippen LogP contribution in [0.4, 0.5) is 5.00 Å². The molecule has 1 aliphatic heterocycles. The Labute approximate surface area is 185 Å². The van der Waals surface area contributed by atoms with Crippen molar-refractivity contribution in [3.63, 3.8) is 0 Å². The third-order valence-corrected chi connectivity index (χ3v) is 7.18. The molecule has 1 aromatic carbocycles. The van der Waals surface area contributed by atoms with Gasteiger partial charge in [-0.15, -0.1) is 11.3 Å². The van der Waals surface area contributed by atoms with E-state index in [-0.39, 0.29) is 0 Å². The molecule has 1 atom stereocenters. The number of benzene rings is 1. The second-order valence-electron chi connectivity index (χ2n) is 8.12. The van der Waals surface area contributed by atoms with E-state index in [9.17, 15) is 0 Å². The van der Waals surface area contributed by atoms with E-state index in [2.05, 4.69) is 72.7 Å². The van der Waals surface area contributed by atoms with Gasteiger partial charge in [0.2, 0.25) is 0 Å². The average Bonchev–Trinajstić information content (AvgIpc) is 3.21. The van der Waals surface area contributed by atoms with Crippen molar-refractivity contribution in [2.75, 3.05) is 25.0 Å². The molecule has 0 bridgehead atoms. The fourth-order valence-electron chi connectivity index (χ4n) is 4.17. The van der Waals surface area contributed by atoms with E-state index < -0.39 is 0 Å². The van der Waals surface area contributed by atoms with Crippen LogP contribution in [0, 0.1) is 0 Å². The highest BCUT2D eigenvalue weighted by molar-refractivity contribution is 7.80. The number of anilines is 1. The summed E-state index contributed by atoms with van der Waals surface area (Å²) in [6, 6.07) is 14.2. The van der Waals surface area contributed by atoms with Gasteiger partial charge in [-0.3, -0.25) is 0 Å². The number of hydrogen-bond acceptors (Lipinski definition) is 3. The Morgan fingerprint density at radius 1 is 1.17 bits per heavy atom. The molecule has 2 heterocycles. The number of nitrogens with zero attached hydrogens (tertiary/aromatic N) is 1. The fourth-order valence-corrected chi connectivity index (χ4v) is 5.36. The van der Waals surface area contributed by atoms with Crippen molar-refractivity contribution in [1.82, 2.24) is 10.2 Å². The van der Waals surface area contributed by atoms with E-state index in [0.29, 0.717) is 11.0 Å². The number of nitrogens with one attached hydrogen (secondary N) is 2. The number of thiocarbonyl (C=S) groups is 1. The largest absolute Gasteiger partial charge is 0.362 e. The number of rotatable bonds is 8. The lowest BCUT2D eigenvalue weighted by Crippen LogP contribution is -2.39. The zero-order chi connectivity index (χ0) is 20.6. The molecule has 3 nitrogen and oxygen atoms in total. The Bertz CT molecular complexity index is 778. The Balaban J connectivity index is 1.61. The summed E-state index contributed by atoms with van der Waals surface area (Å²) in [4.78, 5) is 3.97. The van der Waals surface area contributed by atoms with Crippen LogP contribution in [0.2, 0.25) is 0 Å². The van der Waals surface area contributed by atoms with Crippen LogP contribution in [0.1, 0.15) is 64.4 Å². The van der Waals surface area contributed by atoms with Crippen molar-refractivity contribution in [2.45, 2.75) is 64.8 Å². The number of piperidine rings is 1. The SMILES string of the molecule is CCCNC(=S)Nc1ccc(-c2cccc(C3CCN(C(C)CCC)CC3)c2)s1. The van der Waals surface area contributed by atoms with Gasteiger partial charge in [0.1, 0.15) is 0 Å². The van der Waals surface area contributed by atoms with Gasteiger partial charge in [-0.1, -0.05) is 44.5 Å². The van der Waals surface area contributed by atoms with Gasteiger partial charge in [0.25, 0.3) is 0 Å². The van der Waals surface area contributed by atoms with E-state index in [1.54, 1.807) is 11.3 Å². The molecule has 158 valence electrons. The highest BCUT2D eigenvalue weighted by atomic mass is 32.1. The zero-order valence-corrected chi connectivity index (χ0v) is 19.7. The van der Waals surface area contributed by atoms with Crippen LogP contribution < -0.4 is 10.6 Å². The van der Waals surface area contributed by atoms with Crippen molar-refractivity contribution in [1.29, 1.82) is 0 Å². The van der Waals surface area contributed by atoms with Crippen LogP contribution in [0.25, 0.3) is 10.4 Å². The normalized spacial score (nSPS) is 16.5. The third-order valence-electron chi connectivity index (χ3n) is 5.88. The maximum Gasteiger partial charge on any atom is 0.171 e. The van der Waals surface area contributed by atoms with Gasteiger partial charge >= 0.3 is 0 Å². The van der Waals surface area contributed by atoms with Gasteiger partial charge in [-0.05, 0) is 87.1 Å². The summed E-state index contributed by atoms with van der Waals surface area (Å²) in [6.07, 6.45) is 6.20. The zero-order valence-electron chi connectivity index (χ0n) is 18.0. The van der Waals surface area contributed by atoms with Gasteiger partial charge in [-0.2, -0.15) is 0 Å². The van der Waals surface area contributed by atoms with E-state index in [1.165, 1.54) is 54.8 Å². The second kappa shape index (κ2) is 11.1. The first kappa shape index (κ1) is 22.3. The van der Waals surface area contributed by atoms with Crippen LogP contribution in [-0.4, -0.2) is 35.7 Å². The van der Waals surface area contributed by atoms with Crippen LogP contribution in [0.5, 0.6) is 0 Å². The molecular weight excluding hydrogens is 394 g/mol. The highest BCUT2D eigenvalue weighted by Gasteiger charge is 2.23. The summed E-state index contributed by atoms with van der Waals surface area (Å²) in [6.45, 7) is 10.2. The van der Waals surface area contributed by atoms with Crippen LogP contribution in [0.15, 0.2) is 36.4 Å². The van der Waals surface area contributed by atoms with Crippen LogP contribution >= 0.6 is 23.6 Å². The predicted molar refractivity (Wildman–Crippen MR) is 132 cm³/mol.